The Morgan fingerprint density at radius 3 is 2.47 bits per heavy atom. The van der Waals surface area contributed by atoms with Crippen LogP contribution in [0.4, 0.5) is 5.69 Å². The zero-order chi connectivity index (χ0) is 24.6. The Bertz CT molecular complexity index is 1360. The lowest BCUT2D eigenvalue weighted by Gasteiger charge is -2.29. The van der Waals surface area contributed by atoms with E-state index in [-0.39, 0.29) is 22.0 Å². The Morgan fingerprint density at radius 1 is 1.12 bits per heavy atom. The lowest BCUT2D eigenvalue weighted by Crippen LogP contribution is -2.54. The van der Waals surface area contributed by atoms with Crippen molar-refractivity contribution in [2.75, 3.05) is 4.90 Å². The first-order valence-corrected chi connectivity index (χ1v) is 11.1. The van der Waals surface area contributed by atoms with Crippen molar-refractivity contribution in [3.63, 3.8) is 0 Å². The van der Waals surface area contributed by atoms with E-state index in [0.29, 0.717) is 28.0 Å². The summed E-state index contributed by atoms with van der Waals surface area (Å²) in [7, 11) is 0. The molecule has 4 rings (SSSR count). The molecule has 7 nitrogen and oxygen atoms in total. The van der Waals surface area contributed by atoms with Crippen molar-refractivity contribution in [3.8, 4) is 11.3 Å². The lowest BCUT2D eigenvalue weighted by atomic mass is 10.0. The summed E-state index contributed by atoms with van der Waals surface area (Å²) in [6, 6.07) is 14.7. The number of thiocarbonyl (C=S) groups is 1. The monoisotopic (exact) mass is 494 g/mol. The molecule has 1 saturated heterocycles. The number of rotatable bonds is 5. The van der Waals surface area contributed by atoms with Crippen molar-refractivity contribution in [1.82, 2.24) is 5.32 Å². The van der Waals surface area contributed by atoms with Crippen LogP contribution in [0.2, 0.25) is 5.02 Å². The molecule has 0 atom stereocenters. The minimum atomic E-state index is -1.10. The second-order valence-corrected chi connectivity index (χ2v) is 8.70. The van der Waals surface area contributed by atoms with Crippen LogP contribution in [-0.2, 0) is 9.59 Å². The Hall–Kier alpha value is -3.75. The maximum atomic E-state index is 13.2. The molecule has 9 heteroatoms. The van der Waals surface area contributed by atoms with Crippen molar-refractivity contribution in [2.24, 2.45) is 0 Å². The minimum absolute atomic E-state index is 0.0122. The molecule has 0 aliphatic carbocycles. The third-order valence-electron chi connectivity index (χ3n) is 5.31. The van der Waals surface area contributed by atoms with E-state index in [9.17, 15) is 19.5 Å². The predicted molar refractivity (Wildman–Crippen MR) is 133 cm³/mol. The summed E-state index contributed by atoms with van der Waals surface area (Å²) in [5.41, 5.74) is 1.90. The highest BCUT2D eigenvalue weighted by atomic mass is 35.5. The molecule has 34 heavy (non-hydrogen) atoms. The quantitative estimate of drug-likeness (QED) is 0.285. The third-order valence-corrected chi connectivity index (χ3v) is 5.93. The smallest absolute Gasteiger partial charge is 0.335 e. The van der Waals surface area contributed by atoms with E-state index in [4.69, 9.17) is 28.2 Å². The first-order chi connectivity index (χ1) is 16.2. The molecule has 1 aromatic heterocycles. The lowest BCUT2D eigenvalue weighted by molar-refractivity contribution is -0.122. The van der Waals surface area contributed by atoms with Gasteiger partial charge in [-0.25, -0.2) is 4.79 Å². The van der Waals surface area contributed by atoms with Crippen LogP contribution >= 0.6 is 23.8 Å². The number of nitrogens with one attached hydrogen (secondary N) is 1. The van der Waals surface area contributed by atoms with E-state index in [0.717, 1.165) is 5.56 Å². The number of amides is 2. The molecule has 2 heterocycles. The number of hydrogen-bond donors (Lipinski definition) is 2. The molecule has 0 radical (unpaired) electrons. The van der Waals surface area contributed by atoms with Gasteiger partial charge >= 0.3 is 5.97 Å². The van der Waals surface area contributed by atoms with Crippen LogP contribution in [-0.4, -0.2) is 28.0 Å². The van der Waals surface area contributed by atoms with Crippen LogP contribution in [0.5, 0.6) is 0 Å². The number of carboxylic acid groups (broad SMARTS) is 1. The van der Waals surface area contributed by atoms with E-state index in [2.05, 4.69) is 19.2 Å². The van der Waals surface area contributed by atoms with Gasteiger partial charge in [-0.1, -0.05) is 37.6 Å². The van der Waals surface area contributed by atoms with E-state index in [1.165, 1.54) is 29.2 Å². The maximum absolute atomic E-state index is 13.2. The molecule has 1 aliphatic rings. The van der Waals surface area contributed by atoms with Gasteiger partial charge in [0.05, 0.1) is 16.3 Å². The van der Waals surface area contributed by atoms with E-state index in [1.807, 2.05) is 12.1 Å². The molecule has 1 aliphatic heterocycles. The van der Waals surface area contributed by atoms with Crippen molar-refractivity contribution >= 4 is 58.5 Å². The molecular formula is C25H19ClN2O5S. The van der Waals surface area contributed by atoms with Gasteiger partial charge in [-0.2, -0.15) is 0 Å². The second-order valence-electron chi connectivity index (χ2n) is 7.91. The first-order valence-electron chi connectivity index (χ1n) is 10.3. The van der Waals surface area contributed by atoms with Gasteiger partial charge in [0, 0.05) is 5.56 Å². The number of anilines is 1. The van der Waals surface area contributed by atoms with E-state index in [1.54, 1.807) is 24.3 Å². The topological polar surface area (TPSA) is 99.8 Å². The highest BCUT2D eigenvalue weighted by molar-refractivity contribution is 7.80. The number of hydrogen-bond acceptors (Lipinski definition) is 5. The Labute approximate surface area is 205 Å². The number of nitrogens with zero attached hydrogens (tertiary/aromatic N) is 1. The molecular weight excluding hydrogens is 476 g/mol. The standard InChI is InChI=1S/C25H19ClN2O5S/c1-13(2)14-3-6-16(7-4-14)28-23(30)19(22(29)27-25(28)34)12-17-8-10-21(33-17)18-11-15(24(31)32)5-9-20(18)26/h3-13H,1-2H3,(H,31,32)(H,27,29,34)/b19-12+. The first kappa shape index (κ1) is 23.4. The van der Waals surface area contributed by atoms with Crippen molar-refractivity contribution < 1.29 is 23.9 Å². The molecule has 2 amide bonds. The largest absolute Gasteiger partial charge is 0.478 e. The normalized spacial score (nSPS) is 15.2. The number of carboxylic acids is 1. The van der Waals surface area contributed by atoms with E-state index < -0.39 is 17.8 Å². The summed E-state index contributed by atoms with van der Waals surface area (Å²) in [5, 5.41) is 12.0. The number of halogens is 1. The molecule has 0 saturated carbocycles. The van der Waals surface area contributed by atoms with Gasteiger partial charge in [-0.15, -0.1) is 0 Å². The Morgan fingerprint density at radius 2 is 1.82 bits per heavy atom. The summed E-state index contributed by atoms with van der Waals surface area (Å²) in [5.74, 6) is -1.50. The van der Waals surface area contributed by atoms with Crippen molar-refractivity contribution in [2.45, 2.75) is 19.8 Å². The van der Waals surface area contributed by atoms with Crippen LogP contribution < -0.4 is 10.2 Å². The number of aromatic carboxylic acids is 1. The highest BCUT2D eigenvalue weighted by Gasteiger charge is 2.34. The Kier molecular flexibility index (Phi) is 6.37. The van der Waals surface area contributed by atoms with Crippen molar-refractivity contribution in [1.29, 1.82) is 0 Å². The summed E-state index contributed by atoms with van der Waals surface area (Å²) in [6.07, 6.45) is 1.31. The Balaban J connectivity index is 1.67. The summed E-state index contributed by atoms with van der Waals surface area (Å²) in [6.45, 7) is 4.13. The zero-order valence-electron chi connectivity index (χ0n) is 18.2. The third kappa shape index (κ3) is 4.50. The number of furan rings is 1. The molecule has 0 spiro atoms. The average molecular weight is 495 g/mol. The fourth-order valence-corrected chi connectivity index (χ4v) is 3.96. The second kappa shape index (κ2) is 9.24. The van der Waals surface area contributed by atoms with Crippen LogP contribution in [0.1, 0.15) is 41.4 Å². The van der Waals surface area contributed by atoms with Gasteiger partial charge in [0.15, 0.2) is 5.11 Å². The van der Waals surface area contributed by atoms with Crippen LogP contribution in [0.3, 0.4) is 0 Å². The molecule has 0 unspecified atom stereocenters. The van der Waals surface area contributed by atoms with E-state index >= 15 is 0 Å². The van der Waals surface area contributed by atoms with Crippen LogP contribution in [0, 0.1) is 0 Å². The average Bonchev–Trinajstić information content (AvgIpc) is 3.25. The number of carbonyl (C=O) groups excluding carboxylic acids is 2. The molecule has 2 N–H and O–H groups in total. The fourth-order valence-electron chi connectivity index (χ4n) is 3.46. The van der Waals surface area contributed by atoms with Gasteiger partial charge in [0.1, 0.15) is 17.1 Å². The molecule has 172 valence electrons. The van der Waals surface area contributed by atoms with Crippen molar-refractivity contribution in [3.05, 3.63) is 82.1 Å². The predicted octanol–water partition coefficient (Wildman–Crippen LogP) is 5.25. The van der Waals surface area contributed by atoms with Gasteiger partial charge in [0.2, 0.25) is 0 Å². The minimum Gasteiger partial charge on any atom is -0.478 e. The summed E-state index contributed by atoms with van der Waals surface area (Å²) < 4.78 is 5.76. The van der Waals surface area contributed by atoms with Crippen LogP contribution in [0.25, 0.3) is 17.4 Å². The van der Waals surface area contributed by atoms with Crippen LogP contribution in [0.15, 0.2) is 64.6 Å². The van der Waals surface area contributed by atoms with Gasteiger partial charge < -0.3 is 9.52 Å². The fraction of sp³-hybridized carbons (Fsp3) is 0.120. The molecule has 3 aromatic rings. The summed E-state index contributed by atoms with van der Waals surface area (Å²) >= 11 is 11.4. The highest BCUT2D eigenvalue weighted by Crippen LogP contribution is 2.32. The maximum Gasteiger partial charge on any atom is 0.335 e. The van der Waals surface area contributed by atoms with Gasteiger partial charge in [0.25, 0.3) is 11.8 Å². The van der Waals surface area contributed by atoms with Gasteiger partial charge in [-0.05, 0) is 72.2 Å². The molecule has 0 bridgehead atoms. The molecule has 1 fully saturated rings. The number of benzene rings is 2. The zero-order valence-corrected chi connectivity index (χ0v) is 19.7. The molecule has 2 aromatic carbocycles. The van der Waals surface area contributed by atoms with Gasteiger partial charge in [-0.3, -0.25) is 19.8 Å². The summed E-state index contributed by atoms with van der Waals surface area (Å²) in [4.78, 5) is 38.3. The number of carbonyl (C=O) groups is 3. The SMILES string of the molecule is CC(C)c1ccc(N2C(=O)/C(=C/c3ccc(-c4cc(C(=O)O)ccc4Cl)o3)C(=O)NC2=S)cc1.